The molecular weight excluding hydrogens is 354 g/mol. The van der Waals surface area contributed by atoms with Crippen molar-refractivity contribution in [1.82, 2.24) is 5.32 Å². The first-order chi connectivity index (χ1) is 12.0. The second kappa shape index (κ2) is 8.32. The largest absolute Gasteiger partial charge is 0.343 e. The molecule has 0 saturated carbocycles. The summed E-state index contributed by atoms with van der Waals surface area (Å²) in [5, 5.41) is 5.91. The Balaban J connectivity index is 1.75. The van der Waals surface area contributed by atoms with E-state index in [0.717, 1.165) is 13.1 Å². The van der Waals surface area contributed by atoms with Gasteiger partial charge >= 0.3 is 0 Å². The van der Waals surface area contributed by atoms with Crippen molar-refractivity contribution in [3.63, 3.8) is 0 Å². The van der Waals surface area contributed by atoms with Crippen LogP contribution in [0.1, 0.15) is 28.2 Å². The normalized spacial score (nSPS) is 23.0. The molecule has 1 aliphatic heterocycles. The molecule has 1 aromatic heterocycles. The summed E-state index contributed by atoms with van der Waals surface area (Å²) in [7, 11) is 2.25. The summed E-state index contributed by atoms with van der Waals surface area (Å²) >= 11 is 7.80. The minimum atomic E-state index is -0.0595. The van der Waals surface area contributed by atoms with Gasteiger partial charge in [-0.25, -0.2) is 0 Å². The summed E-state index contributed by atoms with van der Waals surface area (Å²) in [5.41, 5.74) is 0.613. The van der Waals surface area contributed by atoms with E-state index in [1.54, 1.807) is 39.3 Å². The topological polar surface area (TPSA) is 38.0 Å². The van der Waals surface area contributed by atoms with Crippen molar-refractivity contribution in [3.8, 4) is 0 Å². The summed E-state index contributed by atoms with van der Waals surface area (Å²) in [4.78, 5) is 17.1. The van der Waals surface area contributed by atoms with Gasteiger partial charge in [0.1, 0.15) is 32.2 Å². The van der Waals surface area contributed by atoms with Crippen LogP contribution in [0.15, 0.2) is 41.8 Å². The standard InChI is InChI=1S/C19H24ClN3OS/c1-14(21-19(24)15-5-3-6-16(20)13-15)18(17-7-4-12-25-17)23-10-8-22(2)9-11-23/h3-7,12-14,18H,8-11H2,1-2H3,(H,21,24)/p+2/t14-,18-/m0/s1. The van der Waals surface area contributed by atoms with Gasteiger partial charge in [0, 0.05) is 10.6 Å². The summed E-state index contributed by atoms with van der Waals surface area (Å²) in [5.74, 6) is -0.0595. The number of amides is 1. The van der Waals surface area contributed by atoms with Crippen molar-refractivity contribution in [2.24, 2.45) is 0 Å². The number of carbonyl (C=O) groups excluding carboxylic acids is 1. The fourth-order valence-corrected chi connectivity index (χ4v) is 4.76. The molecule has 25 heavy (non-hydrogen) atoms. The third-order valence-electron chi connectivity index (χ3n) is 4.98. The lowest BCUT2D eigenvalue weighted by atomic mass is 10.0. The van der Waals surface area contributed by atoms with Crippen molar-refractivity contribution in [2.75, 3.05) is 33.2 Å². The van der Waals surface area contributed by atoms with Crippen LogP contribution in [0.3, 0.4) is 0 Å². The van der Waals surface area contributed by atoms with E-state index in [-0.39, 0.29) is 18.0 Å². The molecule has 2 heterocycles. The summed E-state index contributed by atoms with van der Waals surface area (Å²) in [6, 6.07) is 11.8. The number of piperazine rings is 1. The Kier molecular flexibility index (Phi) is 6.12. The fraction of sp³-hybridized carbons (Fsp3) is 0.421. The lowest BCUT2D eigenvalue weighted by Crippen LogP contribution is -3.27. The highest BCUT2D eigenvalue weighted by atomic mass is 35.5. The maximum absolute atomic E-state index is 12.6. The van der Waals surface area contributed by atoms with Crippen molar-refractivity contribution >= 4 is 28.8 Å². The number of hydrogen-bond donors (Lipinski definition) is 3. The summed E-state index contributed by atoms with van der Waals surface area (Å²) in [6.45, 7) is 6.72. The first kappa shape index (κ1) is 18.4. The molecule has 0 aliphatic carbocycles. The molecule has 1 amide bonds. The second-order valence-electron chi connectivity index (χ2n) is 6.88. The Morgan fingerprint density at radius 3 is 2.60 bits per heavy atom. The van der Waals surface area contributed by atoms with Crippen LogP contribution in [-0.2, 0) is 0 Å². The Hall–Kier alpha value is -1.40. The average molecular weight is 380 g/mol. The zero-order valence-corrected chi connectivity index (χ0v) is 16.3. The van der Waals surface area contributed by atoms with Gasteiger partial charge in [-0.15, -0.1) is 11.3 Å². The van der Waals surface area contributed by atoms with Crippen molar-refractivity contribution in [1.29, 1.82) is 0 Å². The third kappa shape index (κ3) is 4.61. The lowest BCUT2D eigenvalue weighted by molar-refractivity contribution is -1.02. The highest BCUT2D eigenvalue weighted by Crippen LogP contribution is 2.20. The highest BCUT2D eigenvalue weighted by Gasteiger charge is 2.34. The molecule has 3 rings (SSSR count). The van der Waals surface area contributed by atoms with Gasteiger partial charge in [-0.05, 0) is 36.6 Å². The molecule has 1 saturated heterocycles. The maximum Gasteiger partial charge on any atom is 0.251 e. The molecule has 1 aromatic carbocycles. The van der Waals surface area contributed by atoms with Crippen LogP contribution in [0, 0.1) is 0 Å². The number of nitrogens with one attached hydrogen (secondary N) is 3. The van der Waals surface area contributed by atoms with Crippen LogP contribution < -0.4 is 15.1 Å². The average Bonchev–Trinajstić information content (AvgIpc) is 3.11. The van der Waals surface area contributed by atoms with Gasteiger partial charge in [0.2, 0.25) is 0 Å². The molecule has 1 fully saturated rings. The number of likely N-dealkylation sites (N-methyl/N-ethyl adjacent to an activating group) is 1. The maximum atomic E-state index is 12.6. The quantitative estimate of drug-likeness (QED) is 0.702. The van der Waals surface area contributed by atoms with Crippen LogP contribution in [0.25, 0.3) is 0 Å². The van der Waals surface area contributed by atoms with Gasteiger partial charge in [-0.3, -0.25) is 4.79 Å². The molecule has 0 unspecified atom stereocenters. The summed E-state index contributed by atoms with van der Waals surface area (Å²) in [6.07, 6.45) is 0. The predicted molar refractivity (Wildman–Crippen MR) is 103 cm³/mol. The summed E-state index contributed by atoms with van der Waals surface area (Å²) < 4.78 is 0. The molecule has 6 heteroatoms. The first-order valence-corrected chi connectivity index (χ1v) is 10.1. The Morgan fingerprint density at radius 1 is 1.20 bits per heavy atom. The van der Waals surface area contributed by atoms with E-state index >= 15 is 0 Å². The van der Waals surface area contributed by atoms with Crippen LogP contribution >= 0.6 is 22.9 Å². The van der Waals surface area contributed by atoms with E-state index < -0.39 is 0 Å². The van der Waals surface area contributed by atoms with Gasteiger partial charge in [0.05, 0.1) is 18.0 Å². The smallest absolute Gasteiger partial charge is 0.251 e. The monoisotopic (exact) mass is 379 g/mol. The van der Waals surface area contributed by atoms with E-state index in [0.29, 0.717) is 10.6 Å². The number of thiophene rings is 1. The van der Waals surface area contributed by atoms with Crippen LogP contribution in [0.5, 0.6) is 0 Å². The molecule has 2 aromatic rings. The molecule has 0 radical (unpaired) electrons. The number of halogens is 1. The van der Waals surface area contributed by atoms with E-state index in [4.69, 9.17) is 11.6 Å². The molecule has 134 valence electrons. The van der Waals surface area contributed by atoms with Crippen LogP contribution in [0.4, 0.5) is 0 Å². The third-order valence-corrected chi connectivity index (χ3v) is 6.17. The van der Waals surface area contributed by atoms with Gasteiger partial charge in [0.15, 0.2) is 0 Å². The lowest BCUT2D eigenvalue weighted by Gasteiger charge is -2.36. The van der Waals surface area contributed by atoms with Gasteiger partial charge in [-0.2, -0.15) is 0 Å². The molecule has 1 aliphatic rings. The number of rotatable bonds is 5. The predicted octanol–water partition coefficient (Wildman–Crippen LogP) is 0.674. The first-order valence-electron chi connectivity index (χ1n) is 8.80. The van der Waals surface area contributed by atoms with E-state index in [1.165, 1.54) is 18.0 Å². The SMILES string of the molecule is C[C@H](NC(=O)c1cccc(Cl)c1)[C@@H](c1cccs1)[NH+]1CC[NH+](C)CC1. The fourth-order valence-electron chi connectivity index (χ4n) is 3.58. The molecule has 2 atom stereocenters. The Bertz CT molecular complexity index is 698. The zero-order chi connectivity index (χ0) is 17.8. The molecule has 4 nitrogen and oxygen atoms in total. The molecule has 0 spiro atoms. The minimum absolute atomic E-state index is 0.0542. The number of quaternary nitrogens is 2. The van der Waals surface area contributed by atoms with Crippen LogP contribution in [-0.4, -0.2) is 45.2 Å². The molecule has 3 N–H and O–H groups in total. The molecule has 0 bridgehead atoms. The minimum Gasteiger partial charge on any atom is -0.343 e. The van der Waals surface area contributed by atoms with E-state index in [1.807, 2.05) is 6.07 Å². The van der Waals surface area contributed by atoms with Gasteiger partial charge < -0.3 is 15.1 Å². The van der Waals surface area contributed by atoms with Crippen LogP contribution in [0.2, 0.25) is 5.02 Å². The number of hydrogen-bond acceptors (Lipinski definition) is 2. The number of benzene rings is 1. The van der Waals surface area contributed by atoms with Crippen molar-refractivity contribution in [3.05, 3.63) is 57.2 Å². The van der Waals surface area contributed by atoms with Gasteiger partial charge in [0.25, 0.3) is 5.91 Å². The van der Waals surface area contributed by atoms with Gasteiger partial charge in [-0.1, -0.05) is 23.7 Å². The zero-order valence-electron chi connectivity index (χ0n) is 14.7. The Morgan fingerprint density at radius 2 is 1.96 bits per heavy atom. The second-order valence-corrected chi connectivity index (χ2v) is 8.30. The van der Waals surface area contributed by atoms with E-state index in [9.17, 15) is 4.79 Å². The Labute approximate surface area is 158 Å². The molecular formula is C19H26ClN3OS+2. The van der Waals surface area contributed by atoms with Crippen molar-refractivity contribution in [2.45, 2.75) is 19.0 Å². The van der Waals surface area contributed by atoms with Crippen molar-refractivity contribution < 1.29 is 14.6 Å². The highest BCUT2D eigenvalue weighted by molar-refractivity contribution is 7.10. The van der Waals surface area contributed by atoms with E-state index in [2.05, 4.69) is 36.8 Å². The number of carbonyl (C=O) groups is 1.